The van der Waals surface area contributed by atoms with Crippen LogP contribution in [0.5, 0.6) is 0 Å². The van der Waals surface area contributed by atoms with E-state index < -0.39 is 0 Å². The fourth-order valence-electron chi connectivity index (χ4n) is 3.95. The number of rotatable bonds is 6. The van der Waals surface area contributed by atoms with E-state index in [1.165, 1.54) is 5.56 Å². The topological polar surface area (TPSA) is 71.5 Å². The number of carbonyl (C=O) groups excluding carboxylic acids is 2. The van der Waals surface area contributed by atoms with Gasteiger partial charge in [-0.25, -0.2) is 0 Å². The summed E-state index contributed by atoms with van der Waals surface area (Å²) in [7, 11) is 0. The van der Waals surface area contributed by atoms with Gasteiger partial charge in [0.15, 0.2) is 0 Å². The molecule has 3 heterocycles. The highest BCUT2D eigenvalue weighted by Gasteiger charge is 2.33. The van der Waals surface area contributed by atoms with Crippen molar-refractivity contribution in [3.05, 3.63) is 30.1 Å². The molecule has 2 aliphatic heterocycles. The first-order valence-corrected chi connectivity index (χ1v) is 10.1. The molecule has 6 nitrogen and oxygen atoms in total. The average molecular weight is 373 g/mol. The normalized spacial score (nSPS) is 23.6. The summed E-state index contributed by atoms with van der Waals surface area (Å²) in [4.78, 5) is 30.9. The lowest BCUT2D eigenvalue weighted by Crippen LogP contribution is -2.47. The van der Waals surface area contributed by atoms with Gasteiger partial charge in [-0.15, -0.1) is 0 Å². The zero-order valence-electron chi connectivity index (χ0n) is 16.4. The minimum Gasteiger partial charge on any atom is -0.379 e. The monoisotopic (exact) mass is 373 g/mol. The third-order valence-corrected chi connectivity index (χ3v) is 5.57. The molecule has 2 saturated heterocycles. The maximum atomic E-state index is 12.7. The number of pyridine rings is 1. The first-order valence-electron chi connectivity index (χ1n) is 10.1. The van der Waals surface area contributed by atoms with Crippen molar-refractivity contribution >= 4 is 11.8 Å². The summed E-state index contributed by atoms with van der Waals surface area (Å²) >= 11 is 0. The lowest BCUT2D eigenvalue weighted by Gasteiger charge is -2.32. The zero-order valence-corrected chi connectivity index (χ0v) is 16.4. The van der Waals surface area contributed by atoms with Crippen molar-refractivity contribution in [3.63, 3.8) is 0 Å². The molecule has 2 atom stereocenters. The molecule has 3 rings (SSSR count). The van der Waals surface area contributed by atoms with Gasteiger partial charge in [0.1, 0.15) is 0 Å². The second-order valence-electron chi connectivity index (χ2n) is 8.23. The van der Waals surface area contributed by atoms with Crippen molar-refractivity contribution in [3.8, 4) is 0 Å². The number of ether oxygens (including phenoxy) is 1. The maximum absolute atomic E-state index is 12.7. The second kappa shape index (κ2) is 9.31. The lowest BCUT2D eigenvalue weighted by atomic mass is 9.92. The van der Waals surface area contributed by atoms with E-state index in [0.717, 1.165) is 19.3 Å². The molecule has 0 spiro atoms. The standard InChI is InChI=1S/C21H31N3O3/c1-15(2)11-20(25)24-9-5-17(6-10-24)21(26)23-19-14-27-13-18(19)12-16-3-7-22-8-4-16/h3-4,7-8,15,17-19H,5-6,9-14H2,1-2H3,(H,23,26)/t18-,19+/m1/s1. The first-order chi connectivity index (χ1) is 13.0. The third kappa shape index (κ3) is 5.51. The highest BCUT2D eigenvalue weighted by Crippen LogP contribution is 2.22. The lowest BCUT2D eigenvalue weighted by molar-refractivity contribution is -0.136. The number of amides is 2. The van der Waals surface area contributed by atoms with Crippen LogP contribution in [0.25, 0.3) is 0 Å². The third-order valence-electron chi connectivity index (χ3n) is 5.57. The second-order valence-corrected chi connectivity index (χ2v) is 8.23. The summed E-state index contributed by atoms with van der Waals surface area (Å²) in [5.74, 6) is 0.990. The number of piperidine rings is 1. The Balaban J connectivity index is 1.47. The van der Waals surface area contributed by atoms with Gasteiger partial charge in [0, 0.05) is 43.7 Å². The van der Waals surface area contributed by atoms with Crippen LogP contribution in [0.2, 0.25) is 0 Å². The van der Waals surface area contributed by atoms with Crippen LogP contribution >= 0.6 is 0 Å². The van der Waals surface area contributed by atoms with Crippen LogP contribution in [0.1, 0.15) is 38.7 Å². The molecule has 1 N–H and O–H groups in total. The molecule has 0 aliphatic carbocycles. The molecule has 27 heavy (non-hydrogen) atoms. The van der Waals surface area contributed by atoms with Gasteiger partial charge in [0.25, 0.3) is 0 Å². The Kier molecular flexibility index (Phi) is 6.83. The Hall–Kier alpha value is -1.95. The Labute approximate surface area is 161 Å². The van der Waals surface area contributed by atoms with Gasteiger partial charge in [0.05, 0.1) is 19.3 Å². The predicted molar refractivity (Wildman–Crippen MR) is 103 cm³/mol. The van der Waals surface area contributed by atoms with Gasteiger partial charge >= 0.3 is 0 Å². The molecule has 0 radical (unpaired) electrons. The van der Waals surface area contributed by atoms with Gasteiger partial charge in [-0.1, -0.05) is 13.8 Å². The van der Waals surface area contributed by atoms with Crippen molar-refractivity contribution in [2.24, 2.45) is 17.8 Å². The van der Waals surface area contributed by atoms with E-state index in [-0.39, 0.29) is 23.8 Å². The number of carbonyl (C=O) groups is 2. The van der Waals surface area contributed by atoms with Crippen LogP contribution in [0.4, 0.5) is 0 Å². The fourth-order valence-corrected chi connectivity index (χ4v) is 3.95. The van der Waals surface area contributed by atoms with E-state index in [2.05, 4.69) is 24.1 Å². The Morgan fingerprint density at radius 1 is 1.22 bits per heavy atom. The van der Waals surface area contributed by atoms with Crippen LogP contribution in [0.3, 0.4) is 0 Å². The minimum absolute atomic E-state index is 0.00437. The number of hydrogen-bond donors (Lipinski definition) is 1. The minimum atomic E-state index is -0.00437. The maximum Gasteiger partial charge on any atom is 0.223 e. The molecule has 148 valence electrons. The van der Waals surface area contributed by atoms with E-state index in [1.54, 1.807) is 12.4 Å². The Morgan fingerprint density at radius 2 is 1.93 bits per heavy atom. The van der Waals surface area contributed by atoms with Gasteiger partial charge in [-0.2, -0.15) is 0 Å². The van der Waals surface area contributed by atoms with Crippen LogP contribution in [0.15, 0.2) is 24.5 Å². The summed E-state index contributed by atoms with van der Waals surface area (Å²) < 4.78 is 5.63. The van der Waals surface area contributed by atoms with Crippen LogP contribution < -0.4 is 5.32 Å². The molecule has 2 amide bonds. The van der Waals surface area contributed by atoms with Crippen molar-refractivity contribution < 1.29 is 14.3 Å². The summed E-state index contributed by atoms with van der Waals surface area (Å²) in [5.41, 5.74) is 1.22. The number of aromatic nitrogens is 1. The molecule has 1 aromatic heterocycles. The molecule has 2 fully saturated rings. The number of nitrogens with one attached hydrogen (secondary N) is 1. The van der Waals surface area contributed by atoms with E-state index in [0.29, 0.717) is 44.6 Å². The molecular formula is C21H31N3O3. The summed E-state index contributed by atoms with van der Waals surface area (Å²) in [6, 6.07) is 4.09. The molecule has 6 heteroatoms. The number of hydrogen-bond acceptors (Lipinski definition) is 4. The quantitative estimate of drug-likeness (QED) is 0.828. The SMILES string of the molecule is CC(C)CC(=O)N1CCC(C(=O)N[C@H]2COC[C@H]2Cc2ccncc2)CC1. The molecule has 0 unspecified atom stereocenters. The van der Waals surface area contributed by atoms with Crippen LogP contribution in [0, 0.1) is 17.8 Å². The van der Waals surface area contributed by atoms with Crippen LogP contribution in [-0.4, -0.2) is 54.0 Å². The van der Waals surface area contributed by atoms with Crippen molar-refractivity contribution in [2.75, 3.05) is 26.3 Å². The summed E-state index contributed by atoms with van der Waals surface area (Å²) in [5, 5.41) is 3.21. The van der Waals surface area contributed by atoms with Gasteiger partial charge in [-0.3, -0.25) is 14.6 Å². The molecule has 0 aromatic carbocycles. The molecule has 1 aromatic rings. The largest absolute Gasteiger partial charge is 0.379 e. The molecular weight excluding hydrogens is 342 g/mol. The average Bonchev–Trinajstić information content (AvgIpc) is 3.08. The number of nitrogens with zero attached hydrogens (tertiary/aromatic N) is 2. The summed E-state index contributed by atoms with van der Waals surface area (Å²) in [6.07, 6.45) is 6.57. The van der Waals surface area contributed by atoms with Gasteiger partial charge in [-0.05, 0) is 42.9 Å². The van der Waals surface area contributed by atoms with Crippen molar-refractivity contribution in [1.29, 1.82) is 0 Å². The van der Waals surface area contributed by atoms with Gasteiger partial charge in [0.2, 0.25) is 11.8 Å². The van der Waals surface area contributed by atoms with Crippen LogP contribution in [-0.2, 0) is 20.7 Å². The van der Waals surface area contributed by atoms with E-state index in [9.17, 15) is 9.59 Å². The highest BCUT2D eigenvalue weighted by atomic mass is 16.5. The molecule has 2 aliphatic rings. The predicted octanol–water partition coefficient (Wildman–Crippen LogP) is 2.04. The Bertz CT molecular complexity index is 627. The van der Waals surface area contributed by atoms with E-state index in [1.807, 2.05) is 17.0 Å². The smallest absolute Gasteiger partial charge is 0.223 e. The van der Waals surface area contributed by atoms with E-state index in [4.69, 9.17) is 4.74 Å². The highest BCUT2D eigenvalue weighted by molar-refractivity contribution is 5.80. The Morgan fingerprint density at radius 3 is 2.59 bits per heavy atom. The van der Waals surface area contributed by atoms with Crippen molar-refractivity contribution in [1.82, 2.24) is 15.2 Å². The fraction of sp³-hybridized carbons (Fsp3) is 0.667. The molecule has 0 saturated carbocycles. The molecule has 0 bridgehead atoms. The van der Waals surface area contributed by atoms with Gasteiger partial charge < -0.3 is 15.0 Å². The van der Waals surface area contributed by atoms with E-state index >= 15 is 0 Å². The van der Waals surface area contributed by atoms with Crippen molar-refractivity contribution in [2.45, 2.75) is 45.6 Å². The number of likely N-dealkylation sites (tertiary alicyclic amines) is 1. The zero-order chi connectivity index (χ0) is 19.2. The first kappa shape index (κ1) is 19.8. The summed E-state index contributed by atoms with van der Waals surface area (Å²) in [6.45, 7) is 6.74.